The Bertz CT molecular complexity index is 912. The Hall–Kier alpha value is -3.40. The monoisotopic (exact) mass is 358 g/mol. The molecule has 3 rings (SSSR count). The van der Waals surface area contributed by atoms with Crippen LogP contribution in [0.5, 0.6) is 5.75 Å². The first-order chi connectivity index (χ1) is 13.1. The fraction of sp³-hybridized carbons (Fsp3) is 0.130. The smallest absolute Gasteiger partial charge is 0.271 e. The third-order valence-electron chi connectivity index (χ3n) is 4.10. The molecule has 4 nitrogen and oxygen atoms in total. The van der Waals surface area contributed by atoms with Crippen molar-refractivity contribution in [2.24, 2.45) is 5.10 Å². The van der Waals surface area contributed by atoms with Gasteiger partial charge in [-0.05, 0) is 49.2 Å². The van der Waals surface area contributed by atoms with E-state index in [4.69, 9.17) is 4.74 Å². The molecule has 3 aromatic carbocycles. The first kappa shape index (κ1) is 18.4. The van der Waals surface area contributed by atoms with Crippen LogP contribution in [0.15, 0.2) is 77.9 Å². The second kappa shape index (κ2) is 8.81. The van der Waals surface area contributed by atoms with Gasteiger partial charge < -0.3 is 4.74 Å². The Kier molecular flexibility index (Phi) is 6.00. The van der Waals surface area contributed by atoms with Crippen LogP contribution in [0.1, 0.15) is 32.6 Å². The van der Waals surface area contributed by atoms with Crippen molar-refractivity contribution in [3.05, 3.63) is 101 Å². The van der Waals surface area contributed by atoms with Gasteiger partial charge in [0, 0.05) is 5.56 Å². The summed E-state index contributed by atoms with van der Waals surface area (Å²) in [5.74, 6) is 0.581. The molecule has 0 radical (unpaired) electrons. The molecule has 0 aliphatic rings. The quantitative estimate of drug-likeness (QED) is 0.515. The normalized spacial score (nSPS) is 10.7. The maximum absolute atomic E-state index is 12.2. The molecule has 1 N–H and O–H groups in total. The number of hydrogen-bond acceptors (Lipinski definition) is 3. The molecule has 0 aromatic heterocycles. The van der Waals surface area contributed by atoms with Crippen molar-refractivity contribution in [3.8, 4) is 5.75 Å². The van der Waals surface area contributed by atoms with Gasteiger partial charge in [-0.1, -0.05) is 59.7 Å². The van der Waals surface area contributed by atoms with E-state index in [0.29, 0.717) is 12.2 Å². The van der Waals surface area contributed by atoms with E-state index in [1.54, 1.807) is 18.3 Å². The molecule has 0 aliphatic heterocycles. The van der Waals surface area contributed by atoms with Crippen LogP contribution in [0.4, 0.5) is 0 Å². The number of nitrogens with one attached hydrogen (secondary N) is 1. The maximum Gasteiger partial charge on any atom is 0.271 e. The zero-order valence-corrected chi connectivity index (χ0v) is 15.5. The van der Waals surface area contributed by atoms with E-state index in [-0.39, 0.29) is 5.91 Å². The van der Waals surface area contributed by atoms with E-state index in [1.165, 1.54) is 11.1 Å². The van der Waals surface area contributed by atoms with Crippen molar-refractivity contribution in [2.45, 2.75) is 20.5 Å². The number of nitrogens with zero attached hydrogens (tertiary/aromatic N) is 1. The molecule has 0 saturated carbocycles. The molecule has 0 bridgehead atoms. The summed E-state index contributed by atoms with van der Waals surface area (Å²) in [5.41, 5.74) is 7.41. The maximum atomic E-state index is 12.2. The number of hydrogen-bond donors (Lipinski definition) is 1. The lowest BCUT2D eigenvalue weighted by atomic mass is 10.1. The summed E-state index contributed by atoms with van der Waals surface area (Å²) in [5, 5.41) is 4.00. The Morgan fingerprint density at radius 1 is 0.889 bits per heavy atom. The third kappa shape index (κ3) is 5.54. The number of ether oxygens (including phenoxy) is 1. The molecule has 0 saturated heterocycles. The molecule has 1 amide bonds. The van der Waals surface area contributed by atoms with Gasteiger partial charge in [0.2, 0.25) is 0 Å². The zero-order valence-electron chi connectivity index (χ0n) is 15.5. The molecule has 0 unspecified atom stereocenters. The molecular formula is C23H22N2O2. The predicted octanol–water partition coefficient (Wildman–Crippen LogP) is 4.65. The van der Waals surface area contributed by atoms with E-state index in [1.807, 2.05) is 74.5 Å². The number of benzene rings is 3. The van der Waals surface area contributed by atoms with E-state index < -0.39 is 0 Å². The van der Waals surface area contributed by atoms with Crippen LogP contribution in [0.25, 0.3) is 0 Å². The fourth-order valence-electron chi connectivity index (χ4n) is 2.44. The van der Waals surface area contributed by atoms with Crippen LogP contribution < -0.4 is 10.2 Å². The summed E-state index contributed by atoms with van der Waals surface area (Å²) < 4.78 is 5.75. The average Bonchev–Trinajstić information content (AvgIpc) is 2.69. The van der Waals surface area contributed by atoms with Crippen molar-refractivity contribution < 1.29 is 9.53 Å². The van der Waals surface area contributed by atoms with Gasteiger partial charge in [0.05, 0.1) is 6.21 Å². The average molecular weight is 358 g/mol. The van der Waals surface area contributed by atoms with E-state index in [2.05, 4.69) is 10.5 Å². The van der Waals surface area contributed by atoms with Gasteiger partial charge in [-0.15, -0.1) is 0 Å². The number of amides is 1. The van der Waals surface area contributed by atoms with Crippen molar-refractivity contribution in [3.63, 3.8) is 0 Å². The molecule has 0 spiro atoms. The molecule has 136 valence electrons. The highest BCUT2D eigenvalue weighted by atomic mass is 16.5. The van der Waals surface area contributed by atoms with Gasteiger partial charge in [0.15, 0.2) is 0 Å². The summed E-state index contributed by atoms with van der Waals surface area (Å²) in [6, 6.07) is 23.1. The highest BCUT2D eigenvalue weighted by Gasteiger charge is 2.04. The van der Waals surface area contributed by atoms with Gasteiger partial charge in [0.25, 0.3) is 5.91 Å². The Balaban J connectivity index is 1.52. The first-order valence-electron chi connectivity index (χ1n) is 8.79. The number of carbonyl (C=O) groups is 1. The van der Waals surface area contributed by atoms with Crippen molar-refractivity contribution >= 4 is 12.1 Å². The summed E-state index contributed by atoms with van der Waals surface area (Å²) in [4.78, 5) is 12.2. The molecule has 4 heteroatoms. The summed E-state index contributed by atoms with van der Waals surface area (Å²) in [7, 11) is 0. The van der Waals surface area contributed by atoms with Crippen LogP contribution in [0.2, 0.25) is 0 Å². The lowest BCUT2D eigenvalue weighted by Gasteiger charge is -2.07. The molecule has 0 fully saturated rings. The van der Waals surface area contributed by atoms with Gasteiger partial charge in [0.1, 0.15) is 12.4 Å². The minimum absolute atomic E-state index is 0.246. The molecular weight excluding hydrogens is 336 g/mol. The van der Waals surface area contributed by atoms with Crippen molar-refractivity contribution in [1.82, 2.24) is 5.43 Å². The van der Waals surface area contributed by atoms with Crippen LogP contribution in [-0.4, -0.2) is 12.1 Å². The molecule has 0 atom stereocenters. The number of rotatable bonds is 6. The zero-order chi connectivity index (χ0) is 19.1. The summed E-state index contributed by atoms with van der Waals surface area (Å²) in [6.45, 7) is 4.52. The number of hydrazone groups is 1. The minimum Gasteiger partial charge on any atom is -0.489 e. The van der Waals surface area contributed by atoms with Gasteiger partial charge >= 0.3 is 0 Å². The lowest BCUT2D eigenvalue weighted by molar-refractivity contribution is 0.0955. The van der Waals surface area contributed by atoms with Gasteiger partial charge in [-0.3, -0.25) is 4.79 Å². The van der Waals surface area contributed by atoms with E-state index in [9.17, 15) is 4.79 Å². The van der Waals surface area contributed by atoms with Crippen LogP contribution >= 0.6 is 0 Å². The third-order valence-corrected chi connectivity index (χ3v) is 4.10. The number of aryl methyl sites for hydroxylation is 2. The largest absolute Gasteiger partial charge is 0.489 e. The molecule has 3 aromatic rings. The lowest BCUT2D eigenvalue weighted by Crippen LogP contribution is -2.17. The van der Waals surface area contributed by atoms with Crippen LogP contribution in [-0.2, 0) is 6.61 Å². The fourth-order valence-corrected chi connectivity index (χ4v) is 2.44. The predicted molar refractivity (Wildman–Crippen MR) is 108 cm³/mol. The summed E-state index contributed by atoms with van der Waals surface area (Å²) in [6.07, 6.45) is 1.63. The second-order valence-electron chi connectivity index (χ2n) is 6.41. The Morgan fingerprint density at radius 2 is 1.48 bits per heavy atom. The van der Waals surface area contributed by atoms with E-state index in [0.717, 1.165) is 16.9 Å². The highest BCUT2D eigenvalue weighted by molar-refractivity contribution is 5.94. The first-order valence-corrected chi connectivity index (χ1v) is 8.79. The van der Waals surface area contributed by atoms with Crippen LogP contribution in [0, 0.1) is 13.8 Å². The highest BCUT2D eigenvalue weighted by Crippen LogP contribution is 2.14. The standard InChI is InChI=1S/C23H22N2O2/c1-17-3-7-19(8-4-17)15-24-25-23(26)21-11-9-20(10-12-21)16-27-22-13-5-18(2)6-14-22/h3-15H,16H2,1-2H3,(H,25,26)/b24-15+. The van der Waals surface area contributed by atoms with Gasteiger partial charge in [-0.2, -0.15) is 5.10 Å². The van der Waals surface area contributed by atoms with Gasteiger partial charge in [-0.25, -0.2) is 5.43 Å². The molecule has 0 heterocycles. The minimum atomic E-state index is -0.246. The van der Waals surface area contributed by atoms with Crippen molar-refractivity contribution in [2.75, 3.05) is 0 Å². The summed E-state index contributed by atoms with van der Waals surface area (Å²) >= 11 is 0. The second-order valence-corrected chi connectivity index (χ2v) is 6.41. The molecule has 0 aliphatic carbocycles. The molecule has 27 heavy (non-hydrogen) atoms. The number of carbonyl (C=O) groups excluding carboxylic acids is 1. The Morgan fingerprint density at radius 3 is 2.11 bits per heavy atom. The van der Waals surface area contributed by atoms with Crippen LogP contribution in [0.3, 0.4) is 0 Å². The topological polar surface area (TPSA) is 50.7 Å². The Labute approximate surface area is 159 Å². The van der Waals surface area contributed by atoms with Crippen molar-refractivity contribution in [1.29, 1.82) is 0 Å². The van der Waals surface area contributed by atoms with E-state index >= 15 is 0 Å². The SMILES string of the molecule is Cc1ccc(/C=N/NC(=O)c2ccc(COc3ccc(C)cc3)cc2)cc1.